The van der Waals surface area contributed by atoms with Crippen LogP contribution in [0.25, 0.3) is 0 Å². The monoisotopic (exact) mass is 284 g/mol. The van der Waals surface area contributed by atoms with Crippen molar-refractivity contribution in [2.45, 2.75) is 32.5 Å². The molecule has 0 saturated heterocycles. The third-order valence-electron chi connectivity index (χ3n) is 2.19. The Morgan fingerprint density at radius 2 is 1.84 bits per heavy atom. The molecule has 0 aromatic heterocycles. The van der Waals surface area contributed by atoms with Gasteiger partial charge in [0.05, 0.1) is 13.7 Å². The summed E-state index contributed by atoms with van der Waals surface area (Å²) in [5, 5.41) is 4.29. The maximum absolute atomic E-state index is 11.9. The predicted molar refractivity (Wildman–Crippen MR) is 62.3 cm³/mol. The fourth-order valence-corrected chi connectivity index (χ4v) is 1.35. The van der Waals surface area contributed by atoms with Gasteiger partial charge in [0.1, 0.15) is 12.6 Å². The average Bonchev–Trinajstić information content (AvgIpc) is 2.29. The Morgan fingerprint density at radius 3 is 2.26 bits per heavy atom. The van der Waals surface area contributed by atoms with Gasteiger partial charge in [-0.15, -0.1) is 0 Å². The van der Waals surface area contributed by atoms with Gasteiger partial charge < -0.3 is 10.1 Å². The Labute approximate surface area is 109 Å². The Bertz CT molecular complexity index is 306. The van der Waals surface area contributed by atoms with Crippen molar-refractivity contribution in [3.63, 3.8) is 0 Å². The molecule has 0 spiro atoms. The van der Waals surface area contributed by atoms with Crippen molar-refractivity contribution >= 4 is 11.9 Å². The molecule has 2 N–H and O–H groups in total. The number of halogens is 3. The van der Waals surface area contributed by atoms with Crippen LogP contribution < -0.4 is 10.6 Å². The first kappa shape index (κ1) is 17.7. The van der Waals surface area contributed by atoms with Crippen molar-refractivity contribution < 1.29 is 27.5 Å². The molecule has 0 aromatic rings. The van der Waals surface area contributed by atoms with Crippen LogP contribution in [0.4, 0.5) is 13.2 Å². The van der Waals surface area contributed by atoms with E-state index >= 15 is 0 Å². The van der Waals surface area contributed by atoms with Gasteiger partial charge in [-0.25, -0.2) is 0 Å². The lowest BCUT2D eigenvalue weighted by molar-refractivity contribution is -0.144. The van der Waals surface area contributed by atoms with Crippen LogP contribution in [0, 0.1) is 5.92 Å². The van der Waals surface area contributed by atoms with Crippen LogP contribution >= 0.6 is 0 Å². The molecule has 1 amide bonds. The van der Waals surface area contributed by atoms with Crippen LogP contribution in [0.2, 0.25) is 0 Å². The molecule has 1 atom stereocenters. The van der Waals surface area contributed by atoms with Gasteiger partial charge in [0, 0.05) is 0 Å². The normalized spacial score (nSPS) is 13.2. The minimum Gasteiger partial charge on any atom is -0.468 e. The highest BCUT2D eigenvalue weighted by Crippen LogP contribution is 2.12. The summed E-state index contributed by atoms with van der Waals surface area (Å²) in [7, 11) is 1.21. The number of carbonyl (C=O) groups is 2. The molecule has 0 rings (SSSR count). The average molecular weight is 284 g/mol. The Kier molecular flexibility index (Phi) is 7.43. The van der Waals surface area contributed by atoms with Crippen LogP contribution in [0.5, 0.6) is 0 Å². The topological polar surface area (TPSA) is 67.4 Å². The second-order valence-electron chi connectivity index (χ2n) is 4.48. The quantitative estimate of drug-likeness (QED) is 0.680. The number of carbonyl (C=O) groups excluding carboxylic acids is 2. The van der Waals surface area contributed by atoms with E-state index in [2.05, 4.69) is 10.1 Å². The molecule has 0 radical (unpaired) electrons. The number of hydrogen-bond donors (Lipinski definition) is 2. The lowest BCUT2D eigenvalue weighted by Crippen LogP contribution is -2.45. The summed E-state index contributed by atoms with van der Waals surface area (Å²) in [5.74, 6) is -1.19. The molecule has 0 heterocycles. The third-order valence-corrected chi connectivity index (χ3v) is 2.19. The number of alkyl halides is 3. The van der Waals surface area contributed by atoms with Crippen molar-refractivity contribution in [1.29, 1.82) is 0 Å². The van der Waals surface area contributed by atoms with Gasteiger partial charge in [-0.05, 0) is 12.3 Å². The van der Waals surface area contributed by atoms with E-state index in [1.54, 1.807) is 5.32 Å². The first-order valence-electron chi connectivity index (χ1n) is 5.80. The summed E-state index contributed by atoms with van der Waals surface area (Å²) in [6, 6.07) is -0.707. The maximum atomic E-state index is 11.9. The minimum atomic E-state index is -4.45. The molecule has 8 heteroatoms. The number of esters is 1. The van der Waals surface area contributed by atoms with Crippen molar-refractivity contribution in [1.82, 2.24) is 10.6 Å². The molecule has 0 aromatic carbocycles. The van der Waals surface area contributed by atoms with Gasteiger partial charge in [0.2, 0.25) is 5.91 Å². The molecule has 1 unspecified atom stereocenters. The van der Waals surface area contributed by atoms with E-state index in [0.717, 1.165) is 0 Å². The third kappa shape index (κ3) is 9.29. The standard InChI is InChI=1S/C11H19F3N2O3/c1-7(2)4-8(10(18)19-3)15-5-9(17)16-6-11(12,13)14/h7-8,15H,4-6H2,1-3H3,(H,16,17). The van der Waals surface area contributed by atoms with E-state index in [-0.39, 0.29) is 12.5 Å². The largest absolute Gasteiger partial charge is 0.468 e. The highest BCUT2D eigenvalue weighted by atomic mass is 19.4. The number of ether oxygens (including phenoxy) is 1. The summed E-state index contributed by atoms with van der Waals surface area (Å²) in [6.45, 7) is 1.99. The smallest absolute Gasteiger partial charge is 0.405 e. The van der Waals surface area contributed by atoms with Crippen LogP contribution in [-0.2, 0) is 14.3 Å². The zero-order valence-corrected chi connectivity index (χ0v) is 11.1. The minimum absolute atomic E-state index is 0.176. The van der Waals surface area contributed by atoms with Gasteiger partial charge in [-0.3, -0.25) is 14.9 Å². The second-order valence-corrected chi connectivity index (χ2v) is 4.48. The van der Waals surface area contributed by atoms with Crippen molar-refractivity contribution in [3.8, 4) is 0 Å². The molecular weight excluding hydrogens is 265 g/mol. The number of rotatable bonds is 7. The second kappa shape index (κ2) is 7.98. The van der Waals surface area contributed by atoms with Crippen molar-refractivity contribution in [2.24, 2.45) is 5.92 Å². The molecule has 0 aliphatic carbocycles. The molecule has 19 heavy (non-hydrogen) atoms. The zero-order chi connectivity index (χ0) is 15.1. The zero-order valence-electron chi connectivity index (χ0n) is 11.1. The lowest BCUT2D eigenvalue weighted by atomic mass is 10.0. The number of methoxy groups -OCH3 is 1. The molecule has 0 saturated carbocycles. The highest BCUT2D eigenvalue weighted by molar-refractivity contribution is 5.80. The van der Waals surface area contributed by atoms with E-state index < -0.39 is 30.6 Å². The number of hydrogen-bond acceptors (Lipinski definition) is 4. The SMILES string of the molecule is COC(=O)C(CC(C)C)NCC(=O)NCC(F)(F)F. The van der Waals surface area contributed by atoms with Gasteiger partial charge in [-0.2, -0.15) is 13.2 Å². The summed E-state index contributed by atoms with van der Waals surface area (Å²) >= 11 is 0. The predicted octanol–water partition coefficient (Wildman–Crippen LogP) is 0.842. The summed E-state index contributed by atoms with van der Waals surface area (Å²) < 4.78 is 40.1. The fraction of sp³-hybridized carbons (Fsp3) is 0.818. The van der Waals surface area contributed by atoms with Crippen molar-refractivity contribution in [2.75, 3.05) is 20.2 Å². The Balaban J connectivity index is 4.17. The summed E-state index contributed by atoms with van der Waals surface area (Å²) in [4.78, 5) is 22.5. The number of nitrogens with one attached hydrogen (secondary N) is 2. The van der Waals surface area contributed by atoms with E-state index in [1.165, 1.54) is 7.11 Å². The molecule has 0 bridgehead atoms. The molecule has 0 aliphatic rings. The van der Waals surface area contributed by atoms with Gasteiger partial charge in [0.15, 0.2) is 0 Å². The number of amides is 1. The van der Waals surface area contributed by atoms with E-state index in [1.807, 2.05) is 13.8 Å². The van der Waals surface area contributed by atoms with Crippen LogP contribution in [0.3, 0.4) is 0 Å². The first-order chi connectivity index (χ1) is 8.65. The molecule has 0 aliphatic heterocycles. The Hall–Kier alpha value is -1.31. The molecule has 112 valence electrons. The van der Waals surface area contributed by atoms with Crippen LogP contribution in [-0.4, -0.2) is 44.3 Å². The van der Waals surface area contributed by atoms with E-state index in [4.69, 9.17) is 0 Å². The van der Waals surface area contributed by atoms with E-state index in [0.29, 0.717) is 6.42 Å². The molecule has 5 nitrogen and oxygen atoms in total. The van der Waals surface area contributed by atoms with Gasteiger partial charge >= 0.3 is 12.1 Å². The van der Waals surface area contributed by atoms with Gasteiger partial charge in [-0.1, -0.05) is 13.8 Å². The lowest BCUT2D eigenvalue weighted by Gasteiger charge is -2.18. The Morgan fingerprint density at radius 1 is 1.26 bits per heavy atom. The van der Waals surface area contributed by atoms with Gasteiger partial charge in [0.25, 0.3) is 0 Å². The molecular formula is C11H19F3N2O3. The fourth-order valence-electron chi connectivity index (χ4n) is 1.35. The van der Waals surface area contributed by atoms with E-state index in [9.17, 15) is 22.8 Å². The highest BCUT2D eigenvalue weighted by Gasteiger charge is 2.28. The molecule has 0 fully saturated rings. The van der Waals surface area contributed by atoms with Crippen LogP contribution in [0.1, 0.15) is 20.3 Å². The maximum Gasteiger partial charge on any atom is 0.405 e. The first-order valence-corrected chi connectivity index (χ1v) is 5.80. The summed E-state index contributed by atoms with van der Waals surface area (Å²) in [6.07, 6.45) is -4.02. The summed E-state index contributed by atoms with van der Waals surface area (Å²) in [5.41, 5.74) is 0. The van der Waals surface area contributed by atoms with Crippen LogP contribution in [0.15, 0.2) is 0 Å². The van der Waals surface area contributed by atoms with Crippen molar-refractivity contribution in [3.05, 3.63) is 0 Å².